The number of rotatable bonds is 2. The van der Waals surface area contributed by atoms with E-state index in [1.54, 1.807) is 18.2 Å². The molecular formula is C8H9BrN2O. The van der Waals surface area contributed by atoms with E-state index in [0.29, 0.717) is 16.9 Å². The van der Waals surface area contributed by atoms with Gasteiger partial charge in [0.1, 0.15) is 0 Å². The summed E-state index contributed by atoms with van der Waals surface area (Å²) in [6.45, 7) is 0. The molecule has 1 aromatic carbocycles. The van der Waals surface area contributed by atoms with Crippen LogP contribution in [-0.4, -0.2) is 11.1 Å². The monoisotopic (exact) mass is 228 g/mol. The highest BCUT2D eigenvalue weighted by Gasteiger charge is 2.07. The Morgan fingerprint density at radius 1 is 1.42 bits per heavy atom. The second-order valence-corrected chi connectivity index (χ2v) is 2.96. The van der Waals surface area contributed by atoms with Gasteiger partial charge in [0.05, 0.1) is 5.33 Å². The van der Waals surface area contributed by atoms with Crippen LogP contribution in [0.2, 0.25) is 0 Å². The van der Waals surface area contributed by atoms with E-state index in [-0.39, 0.29) is 11.1 Å². The van der Waals surface area contributed by atoms with Gasteiger partial charge in [-0.15, -0.1) is 0 Å². The topological polar surface area (TPSA) is 69.1 Å². The smallest absolute Gasteiger partial charge is 0.175 e. The third-order valence-electron chi connectivity index (χ3n) is 1.50. The Balaban J connectivity index is 3.09. The van der Waals surface area contributed by atoms with Crippen LogP contribution in [0.3, 0.4) is 0 Å². The molecule has 4 N–H and O–H groups in total. The lowest BCUT2D eigenvalue weighted by atomic mass is 10.1. The number of nitrogen functional groups attached to an aromatic ring is 2. The predicted molar refractivity (Wildman–Crippen MR) is 53.4 cm³/mol. The molecule has 0 amide bonds. The number of hydrogen-bond acceptors (Lipinski definition) is 3. The Labute approximate surface area is 78.9 Å². The molecule has 12 heavy (non-hydrogen) atoms. The van der Waals surface area contributed by atoms with Crippen LogP contribution in [-0.2, 0) is 0 Å². The molecule has 0 aliphatic carbocycles. The Hall–Kier alpha value is -1.03. The standard InChI is InChI=1S/C8H9BrN2O/c9-4-8(12)6-2-1-5(10)3-7(6)11/h1-3H,4,10-11H2. The van der Waals surface area contributed by atoms with E-state index in [9.17, 15) is 4.79 Å². The average Bonchev–Trinajstić information content (AvgIpc) is 2.03. The largest absolute Gasteiger partial charge is 0.399 e. The molecule has 0 heterocycles. The van der Waals surface area contributed by atoms with Gasteiger partial charge < -0.3 is 11.5 Å². The van der Waals surface area contributed by atoms with Crippen LogP contribution in [0.1, 0.15) is 10.4 Å². The molecule has 0 atom stereocenters. The second kappa shape index (κ2) is 3.58. The number of hydrogen-bond donors (Lipinski definition) is 2. The molecule has 0 aliphatic heterocycles. The fraction of sp³-hybridized carbons (Fsp3) is 0.125. The first-order valence-electron chi connectivity index (χ1n) is 3.39. The summed E-state index contributed by atoms with van der Waals surface area (Å²) in [5.41, 5.74) is 12.6. The van der Waals surface area contributed by atoms with Gasteiger partial charge in [0.15, 0.2) is 5.78 Å². The van der Waals surface area contributed by atoms with Gasteiger partial charge in [0.25, 0.3) is 0 Å². The number of carbonyl (C=O) groups excluding carboxylic acids is 1. The Kier molecular flexibility index (Phi) is 2.70. The van der Waals surface area contributed by atoms with Crippen LogP contribution < -0.4 is 11.5 Å². The molecule has 0 saturated carbocycles. The van der Waals surface area contributed by atoms with Gasteiger partial charge in [-0.1, -0.05) is 15.9 Å². The van der Waals surface area contributed by atoms with Gasteiger partial charge >= 0.3 is 0 Å². The maximum Gasteiger partial charge on any atom is 0.175 e. The predicted octanol–water partition coefficient (Wildman–Crippen LogP) is 1.43. The van der Waals surface area contributed by atoms with Crippen molar-refractivity contribution in [1.82, 2.24) is 0 Å². The normalized spacial score (nSPS) is 9.75. The van der Waals surface area contributed by atoms with Crippen molar-refractivity contribution < 1.29 is 4.79 Å². The zero-order valence-corrected chi connectivity index (χ0v) is 7.97. The first kappa shape index (κ1) is 9.06. The fourth-order valence-electron chi connectivity index (χ4n) is 0.907. The van der Waals surface area contributed by atoms with Crippen molar-refractivity contribution >= 4 is 33.1 Å². The molecule has 3 nitrogen and oxygen atoms in total. The Bertz CT molecular complexity index is 312. The molecular weight excluding hydrogens is 220 g/mol. The van der Waals surface area contributed by atoms with Crippen molar-refractivity contribution in [3.8, 4) is 0 Å². The van der Waals surface area contributed by atoms with Gasteiger partial charge in [-0.25, -0.2) is 0 Å². The van der Waals surface area contributed by atoms with Crippen molar-refractivity contribution in [2.24, 2.45) is 0 Å². The third kappa shape index (κ3) is 1.76. The number of anilines is 2. The van der Waals surface area contributed by atoms with E-state index in [2.05, 4.69) is 15.9 Å². The molecule has 0 aliphatic rings. The molecule has 0 fully saturated rings. The second-order valence-electron chi connectivity index (χ2n) is 2.40. The van der Waals surface area contributed by atoms with Crippen molar-refractivity contribution in [2.45, 2.75) is 0 Å². The lowest BCUT2D eigenvalue weighted by Gasteiger charge is -2.02. The minimum absolute atomic E-state index is 0.0347. The number of carbonyl (C=O) groups is 1. The Morgan fingerprint density at radius 2 is 2.08 bits per heavy atom. The number of halogens is 1. The van der Waals surface area contributed by atoms with E-state index in [4.69, 9.17) is 11.5 Å². The van der Waals surface area contributed by atoms with E-state index in [1.807, 2.05) is 0 Å². The van der Waals surface area contributed by atoms with Gasteiger partial charge in [-0.2, -0.15) is 0 Å². The maximum atomic E-state index is 11.2. The quantitative estimate of drug-likeness (QED) is 0.457. The summed E-state index contributed by atoms with van der Waals surface area (Å²) in [5.74, 6) is -0.0347. The summed E-state index contributed by atoms with van der Waals surface area (Å²) in [6, 6.07) is 4.87. The SMILES string of the molecule is Nc1ccc(C(=O)CBr)c(N)c1. The molecule has 0 saturated heterocycles. The van der Waals surface area contributed by atoms with E-state index >= 15 is 0 Å². The van der Waals surface area contributed by atoms with E-state index < -0.39 is 0 Å². The highest BCUT2D eigenvalue weighted by molar-refractivity contribution is 9.09. The van der Waals surface area contributed by atoms with Crippen molar-refractivity contribution in [2.75, 3.05) is 16.8 Å². The highest BCUT2D eigenvalue weighted by atomic mass is 79.9. The molecule has 0 bridgehead atoms. The summed E-state index contributed by atoms with van der Waals surface area (Å²) in [4.78, 5) is 11.2. The van der Waals surface area contributed by atoms with Crippen LogP contribution in [0.25, 0.3) is 0 Å². The first-order valence-corrected chi connectivity index (χ1v) is 4.51. The van der Waals surface area contributed by atoms with Crippen LogP contribution in [0.4, 0.5) is 11.4 Å². The van der Waals surface area contributed by atoms with Crippen molar-refractivity contribution in [1.29, 1.82) is 0 Å². The zero-order valence-electron chi connectivity index (χ0n) is 6.38. The lowest BCUT2D eigenvalue weighted by molar-refractivity contribution is 0.102. The van der Waals surface area contributed by atoms with Crippen LogP contribution >= 0.6 is 15.9 Å². The molecule has 1 rings (SSSR count). The van der Waals surface area contributed by atoms with Gasteiger partial charge in [-0.3, -0.25) is 4.79 Å². The number of nitrogens with two attached hydrogens (primary N) is 2. The molecule has 1 aromatic rings. The molecule has 0 radical (unpaired) electrons. The van der Waals surface area contributed by atoms with E-state index in [1.165, 1.54) is 0 Å². The number of Topliss-reactive ketones (excluding diaryl/α,β-unsaturated/α-hetero) is 1. The van der Waals surface area contributed by atoms with Crippen LogP contribution in [0, 0.1) is 0 Å². The number of alkyl halides is 1. The van der Waals surface area contributed by atoms with Crippen LogP contribution in [0.5, 0.6) is 0 Å². The first-order chi connectivity index (χ1) is 5.65. The molecule has 0 aromatic heterocycles. The number of benzene rings is 1. The minimum Gasteiger partial charge on any atom is -0.399 e. The molecule has 4 heteroatoms. The Morgan fingerprint density at radius 3 is 2.58 bits per heavy atom. The summed E-state index contributed by atoms with van der Waals surface area (Å²) < 4.78 is 0. The molecule has 0 unspecified atom stereocenters. The van der Waals surface area contributed by atoms with Gasteiger partial charge in [-0.05, 0) is 18.2 Å². The minimum atomic E-state index is -0.0347. The molecule has 0 spiro atoms. The van der Waals surface area contributed by atoms with Crippen molar-refractivity contribution in [3.63, 3.8) is 0 Å². The average molecular weight is 229 g/mol. The summed E-state index contributed by atoms with van der Waals surface area (Å²) in [5, 5.41) is 0.279. The lowest BCUT2D eigenvalue weighted by Crippen LogP contribution is -2.05. The van der Waals surface area contributed by atoms with E-state index in [0.717, 1.165) is 0 Å². The van der Waals surface area contributed by atoms with Gasteiger partial charge in [0, 0.05) is 16.9 Å². The van der Waals surface area contributed by atoms with Gasteiger partial charge in [0.2, 0.25) is 0 Å². The highest BCUT2D eigenvalue weighted by Crippen LogP contribution is 2.16. The number of ketones is 1. The summed E-state index contributed by atoms with van der Waals surface area (Å²) in [6.07, 6.45) is 0. The maximum absolute atomic E-state index is 11.2. The third-order valence-corrected chi connectivity index (χ3v) is 2.01. The summed E-state index contributed by atoms with van der Waals surface area (Å²) >= 11 is 3.07. The summed E-state index contributed by atoms with van der Waals surface area (Å²) in [7, 11) is 0. The fourth-order valence-corrected chi connectivity index (χ4v) is 1.21. The van der Waals surface area contributed by atoms with Crippen molar-refractivity contribution in [3.05, 3.63) is 23.8 Å². The van der Waals surface area contributed by atoms with Crippen LogP contribution in [0.15, 0.2) is 18.2 Å². The zero-order chi connectivity index (χ0) is 9.14. The molecule has 64 valence electrons.